The monoisotopic (exact) mass is 350 g/mol. The highest BCUT2D eigenvalue weighted by atomic mass is 16.7. The van der Waals surface area contributed by atoms with Gasteiger partial charge in [-0.3, -0.25) is 0 Å². The largest absolute Gasteiger partial charge is 0.494 e. The molecule has 1 aliphatic rings. The Bertz CT molecular complexity index is 1440. The Hall–Kier alpha value is -2.30. The van der Waals surface area contributed by atoms with Crippen molar-refractivity contribution in [3.05, 3.63) is 54.5 Å². The predicted octanol–water partition coefficient (Wildman–Crippen LogP) is 5.04. The van der Waals surface area contributed by atoms with Gasteiger partial charge in [0.1, 0.15) is 11.2 Å². The van der Waals surface area contributed by atoms with Crippen molar-refractivity contribution in [3.8, 4) is 0 Å². The third-order valence-electron chi connectivity index (χ3n) is 5.48. The zero-order valence-corrected chi connectivity index (χ0v) is 15.0. The summed E-state index contributed by atoms with van der Waals surface area (Å²) in [6, 6.07) is 3.44. The van der Waals surface area contributed by atoms with Crippen LogP contribution in [-0.4, -0.2) is 18.3 Å². The molecule has 4 heteroatoms. The average molecular weight is 350 g/mol. The van der Waals surface area contributed by atoms with E-state index in [0.717, 1.165) is 5.46 Å². The summed E-state index contributed by atoms with van der Waals surface area (Å²) in [5.41, 5.74) is 0.257. The molecule has 1 aromatic heterocycles. The summed E-state index contributed by atoms with van der Waals surface area (Å²) in [6.45, 7) is 7.85. The maximum atomic E-state index is 8.49. The van der Waals surface area contributed by atoms with Gasteiger partial charge < -0.3 is 13.7 Å². The maximum Gasteiger partial charge on any atom is 0.494 e. The fourth-order valence-corrected chi connectivity index (χ4v) is 3.29. The lowest BCUT2D eigenvalue weighted by molar-refractivity contribution is 0.00578. The van der Waals surface area contributed by atoms with Crippen LogP contribution in [0.25, 0.3) is 32.7 Å². The van der Waals surface area contributed by atoms with Crippen LogP contribution in [0.2, 0.25) is 0 Å². The van der Waals surface area contributed by atoms with Gasteiger partial charge in [0.25, 0.3) is 0 Å². The van der Waals surface area contributed by atoms with Crippen LogP contribution in [0.15, 0.2) is 58.9 Å². The van der Waals surface area contributed by atoms with Crippen LogP contribution < -0.4 is 5.46 Å². The number of rotatable bonds is 1. The fourth-order valence-electron chi connectivity index (χ4n) is 3.29. The maximum absolute atomic E-state index is 8.49. The molecule has 0 saturated carbocycles. The Morgan fingerprint density at radius 1 is 0.846 bits per heavy atom. The van der Waals surface area contributed by atoms with Gasteiger partial charge in [-0.05, 0) is 56.0 Å². The van der Waals surface area contributed by atoms with Gasteiger partial charge in [0.05, 0.1) is 19.4 Å². The first-order valence-corrected chi connectivity index (χ1v) is 8.56. The lowest BCUT2D eigenvalue weighted by atomic mass is 9.78. The Morgan fingerprint density at radius 2 is 1.58 bits per heavy atom. The lowest BCUT2D eigenvalue weighted by Crippen LogP contribution is -2.41. The van der Waals surface area contributed by atoms with Crippen LogP contribution in [0.5, 0.6) is 0 Å². The van der Waals surface area contributed by atoms with Gasteiger partial charge in [0, 0.05) is 10.8 Å². The van der Waals surface area contributed by atoms with Crippen molar-refractivity contribution < 1.29 is 22.0 Å². The van der Waals surface area contributed by atoms with Crippen LogP contribution >= 0.6 is 0 Å². The summed E-state index contributed by atoms with van der Waals surface area (Å²) in [7, 11) is -0.625. The van der Waals surface area contributed by atoms with E-state index in [-0.39, 0.29) is 40.5 Å². The molecule has 0 unspecified atom stereocenters. The van der Waals surface area contributed by atoms with E-state index in [1.165, 1.54) is 0 Å². The minimum atomic E-state index is -0.625. The van der Waals surface area contributed by atoms with Crippen LogP contribution in [0, 0.1) is 0 Å². The van der Waals surface area contributed by atoms with Gasteiger partial charge in [0.2, 0.25) is 0 Å². The van der Waals surface area contributed by atoms with Gasteiger partial charge in [-0.2, -0.15) is 0 Å². The number of furan rings is 1. The molecule has 0 aliphatic carbocycles. The first-order valence-electron chi connectivity index (χ1n) is 11.6. The highest BCUT2D eigenvalue weighted by Crippen LogP contribution is 2.38. The first-order chi connectivity index (χ1) is 14.9. The van der Waals surface area contributed by atoms with Gasteiger partial charge in [-0.25, -0.2) is 0 Å². The van der Waals surface area contributed by atoms with Crippen molar-refractivity contribution in [2.24, 2.45) is 0 Å². The summed E-state index contributed by atoms with van der Waals surface area (Å²) in [4.78, 5) is 0. The molecule has 0 spiro atoms. The third-order valence-corrected chi connectivity index (χ3v) is 5.48. The molecule has 3 nitrogen and oxygen atoms in total. The number of hydrogen-bond acceptors (Lipinski definition) is 3. The van der Waals surface area contributed by atoms with Crippen LogP contribution in [0.3, 0.4) is 0 Å². The Morgan fingerprint density at radius 3 is 2.35 bits per heavy atom. The molecule has 0 bridgehead atoms. The molecular weight excluding hydrogens is 323 g/mol. The molecule has 1 saturated heterocycles. The minimum Gasteiger partial charge on any atom is -0.456 e. The second-order valence-corrected chi connectivity index (χ2v) is 7.65. The fraction of sp³-hybridized carbons (Fsp3) is 0.273. The van der Waals surface area contributed by atoms with E-state index >= 15 is 0 Å². The zero-order valence-electron chi connectivity index (χ0n) is 21.0. The SMILES string of the molecule is [2H]c1c([2H])c([2H])c2c(c1[2H])c([2H])c([2H])c1oc3ccc(B4OC(C)(C)C(C)(C)O4)cc3c12. The molecule has 26 heavy (non-hydrogen) atoms. The zero-order chi connectivity index (χ0) is 23.3. The molecule has 1 aliphatic heterocycles. The molecule has 0 atom stereocenters. The smallest absolute Gasteiger partial charge is 0.456 e. The van der Waals surface area contributed by atoms with Crippen molar-refractivity contribution in [2.45, 2.75) is 38.9 Å². The molecule has 4 aromatic rings. The van der Waals surface area contributed by atoms with Gasteiger partial charge in [-0.15, -0.1) is 0 Å². The number of fused-ring (bicyclic) bond motifs is 5. The highest BCUT2D eigenvalue weighted by molar-refractivity contribution is 6.62. The minimum absolute atomic E-state index is 0.0113. The summed E-state index contributed by atoms with van der Waals surface area (Å²) < 4.78 is 67.9. The molecule has 130 valence electrons. The van der Waals surface area contributed by atoms with E-state index in [1.807, 2.05) is 39.8 Å². The van der Waals surface area contributed by atoms with E-state index < -0.39 is 30.4 Å². The van der Waals surface area contributed by atoms with Crippen LogP contribution in [0.4, 0.5) is 0 Å². The van der Waals surface area contributed by atoms with Crippen molar-refractivity contribution in [3.63, 3.8) is 0 Å². The molecule has 3 aromatic carbocycles. The molecule has 5 rings (SSSR count). The average Bonchev–Trinajstić information content (AvgIpc) is 3.20. The standard InChI is InChI=1S/C22H21BO3/c1-21(2)22(3,4)26-23(25-21)15-10-12-18-17(13-15)20-16-8-6-5-7-14(16)9-11-19(20)24-18/h5-13H,1-4H3/i5D,6D,7D,8D,9D,11D. The number of hydrogen-bond donors (Lipinski definition) is 0. The normalized spacial score (nSPS) is 22.2. The Balaban J connectivity index is 1.87. The molecule has 0 N–H and O–H groups in total. The Kier molecular flexibility index (Phi) is 2.12. The van der Waals surface area contributed by atoms with E-state index in [0.29, 0.717) is 16.4 Å². The molecule has 0 radical (unpaired) electrons. The predicted molar refractivity (Wildman–Crippen MR) is 107 cm³/mol. The van der Waals surface area contributed by atoms with E-state index in [9.17, 15) is 0 Å². The van der Waals surface area contributed by atoms with Crippen molar-refractivity contribution in [2.75, 3.05) is 0 Å². The summed E-state index contributed by atoms with van der Waals surface area (Å²) in [6.07, 6.45) is 0. The van der Waals surface area contributed by atoms with E-state index in [4.69, 9.17) is 22.0 Å². The van der Waals surface area contributed by atoms with Gasteiger partial charge in [-0.1, -0.05) is 42.3 Å². The van der Waals surface area contributed by atoms with Crippen molar-refractivity contribution in [1.82, 2.24) is 0 Å². The second-order valence-electron chi connectivity index (χ2n) is 7.65. The Labute approximate surface area is 161 Å². The van der Waals surface area contributed by atoms with E-state index in [2.05, 4.69) is 0 Å². The summed E-state index contributed by atoms with van der Waals surface area (Å²) >= 11 is 0. The molecule has 1 fully saturated rings. The summed E-state index contributed by atoms with van der Waals surface area (Å²) in [5.74, 6) is 0. The van der Waals surface area contributed by atoms with Gasteiger partial charge in [0.15, 0.2) is 0 Å². The lowest BCUT2D eigenvalue weighted by Gasteiger charge is -2.32. The second kappa shape index (κ2) is 5.12. The quantitative estimate of drug-likeness (QED) is 0.451. The third kappa shape index (κ3) is 2.16. The number of benzene rings is 3. The van der Waals surface area contributed by atoms with Crippen molar-refractivity contribution in [1.29, 1.82) is 0 Å². The summed E-state index contributed by atoms with van der Waals surface area (Å²) in [5, 5.41) is 1.16. The molecular formula is C22H21BO3. The van der Waals surface area contributed by atoms with Gasteiger partial charge >= 0.3 is 7.12 Å². The molecule has 0 amide bonds. The highest BCUT2D eigenvalue weighted by Gasteiger charge is 2.51. The van der Waals surface area contributed by atoms with Crippen LogP contribution in [-0.2, 0) is 9.31 Å². The van der Waals surface area contributed by atoms with Crippen LogP contribution in [0.1, 0.15) is 35.9 Å². The van der Waals surface area contributed by atoms with E-state index in [1.54, 1.807) is 6.07 Å². The first kappa shape index (κ1) is 10.8. The van der Waals surface area contributed by atoms with Crippen molar-refractivity contribution >= 4 is 45.3 Å². The molecule has 2 heterocycles. The topological polar surface area (TPSA) is 31.6 Å².